The van der Waals surface area contributed by atoms with Crippen molar-refractivity contribution in [1.82, 2.24) is 14.7 Å². The van der Waals surface area contributed by atoms with E-state index in [1.165, 1.54) is 0 Å². The molecule has 188 valence electrons. The number of hydrogen-bond donors (Lipinski definition) is 2. The summed E-state index contributed by atoms with van der Waals surface area (Å²) in [6, 6.07) is 9.17. The molecule has 2 N–H and O–H groups in total. The summed E-state index contributed by atoms with van der Waals surface area (Å²) in [5, 5.41) is 4.32. The Morgan fingerprint density at radius 1 is 0.914 bits per heavy atom. The monoisotopic (exact) mass is 507 g/mol. The van der Waals surface area contributed by atoms with Crippen molar-refractivity contribution >= 4 is 32.7 Å². The number of nitrogens with zero attached hydrogens (tertiary/aromatic N) is 3. The SMILES string of the molecule is CN(C)c1nc(NCC2CCC(CNS(=O)(=O)c3ccc(F)c(F)c3F)CC2)nc2ccccc12. The van der Waals surface area contributed by atoms with Crippen LogP contribution in [0, 0.1) is 29.3 Å². The highest BCUT2D eigenvalue weighted by molar-refractivity contribution is 7.89. The lowest BCUT2D eigenvalue weighted by molar-refractivity contribution is 0.284. The zero-order chi connectivity index (χ0) is 25.2. The Hall–Kier alpha value is -2.92. The van der Waals surface area contributed by atoms with Crippen LogP contribution in [0.15, 0.2) is 41.3 Å². The third kappa shape index (κ3) is 5.67. The second kappa shape index (κ2) is 10.4. The van der Waals surface area contributed by atoms with Crippen molar-refractivity contribution < 1.29 is 21.6 Å². The summed E-state index contributed by atoms with van der Waals surface area (Å²) in [4.78, 5) is 10.3. The number of nitrogens with one attached hydrogen (secondary N) is 2. The number of halogens is 3. The van der Waals surface area contributed by atoms with Gasteiger partial charge in [-0.05, 0) is 61.8 Å². The van der Waals surface area contributed by atoms with Crippen LogP contribution >= 0.6 is 0 Å². The average Bonchev–Trinajstić information content (AvgIpc) is 2.84. The van der Waals surface area contributed by atoms with Gasteiger partial charge in [-0.3, -0.25) is 0 Å². The van der Waals surface area contributed by atoms with Crippen molar-refractivity contribution in [2.24, 2.45) is 11.8 Å². The molecule has 0 atom stereocenters. The number of hydrogen-bond acceptors (Lipinski definition) is 6. The van der Waals surface area contributed by atoms with E-state index < -0.39 is 32.4 Å². The molecule has 0 spiro atoms. The Labute approximate surface area is 202 Å². The Bertz CT molecular complexity index is 1310. The van der Waals surface area contributed by atoms with E-state index in [0.717, 1.165) is 48.5 Å². The maximum Gasteiger partial charge on any atom is 0.243 e. The van der Waals surface area contributed by atoms with Gasteiger partial charge in [-0.25, -0.2) is 31.3 Å². The van der Waals surface area contributed by atoms with Crippen molar-refractivity contribution in [1.29, 1.82) is 0 Å². The Balaban J connectivity index is 1.30. The third-order valence-corrected chi connectivity index (χ3v) is 7.81. The smallest absolute Gasteiger partial charge is 0.243 e. The van der Waals surface area contributed by atoms with Crippen LogP contribution in [-0.4, -0.2) is 45.6 Å². The molecule has 0 aliphatic heterocycles. The molecule has 4 rings (SSSR count). The molecule has 0 unspecified atom stereocenters. The second-order valence-electron chi connectivity index (χ2n) is 9.08. The highest BCUT2D eigenvalue weighted by atomic mass is 32.2. The van der Waals surface area contributed by atoms with Crippen molar-refractivity contribution in [3.05, 3.63) is 53.8 Å². The van der Waals surface area contributed by atoms with Crippen molar-refractivity contribution in [3.63, 3.8) is 0 Å². The summed E-state index contributed by atoms with van der Waals surface area (Å²) in [5.41, 5.74) is 0.863. The van der Waals surface area contributed by atoms with Crippen LogP contribution in [0.25, 0.3) is 10.9 Å². The molecule has 2 aromatic carbocycles. The summed E-state index contributed by atoms with van der Waals surface area (Å²) >= 11 is 0. The first kappa shape index (κ1) is 25.2. The summed E-state index contributed by atoms with van der Waals surface area (Å²) in [7, 11) is -0.404. The largest absolute Gasteiger partial charge is 0.362 e. The molecule has 0 radical (unpaired) electrons. The predicted octanol–water partition coefficient (Wildman–Crippen LogP) is 4.31. The number of sulfonamides is 1. The molecule has 1 aliphatic rings. The first-order valence-electron chi connectivity index (χ1n) is 11.5. The van der Waals surface area contributed by atoms with Crippen LogP contribution < -0.4 is 14.9 Å². The Morgan fingerprint density at radius 2 is 1.57 bits per heavy atom. The van der Waals surface area contributed by atoms with E-state index in [1.54, 1.807) is 0 Å². The molecule has 1 aliphatic carbocycles. The number of aromatic nitrogens is 2. The molecule has 3 aromatic rings. The van der Waals surface area contributed by atoms with Crippen LogP contribution in [0.4, 0.5) is 24.9 Å². The van der Waals surface area contributed by atoms with Gasteiger partial charge < -0.3 is 10.2 Å². The number of fused-ring (bicyclic) bond motifs is 1. The Morgan fingerprint density at radius 3 is 2.26 bits per heavy atom. The van der Waals surface area contributed by atoms with E-state index in [2.05, 4.69) is 20.0 Å². The normalized spacial score (nSPS) is 18.5. The minimum Gasteiger partial charge on any atom is -0.362 e. The van der Waals surface area contributed by atoms with E-state index in [-0.39, 0.29) is 12.5 Å². The zero-order valence-corrected chi connectivity index (χ0v) is 20.4. The van der Waals surface area contributed by atoms with Gasteiger partial charge in [0, 0.05) is 32.6 Å². The standard InChI is InChI=1S/C24H28F3N5O2S/c1-32(2)23-17-5-3-4-6-19(17)30-24(31-23)28-13-15-7-9-16(10-8-15)14-29-35(33,34)20-12-11-18(25)21(26)22(20)27/h3-6,11-12,15-16,29H,7-10,13-14H2,1-2H3,(H,28,30,31). The lowest BCUT2D eigenvalue weighted by atomic mass is 9.82. The number of para-hydroxylation sites is 1. The first-order chi connectivity index (χ1) is 16.7. The van der Waals surface area contributed by atoms with Crippen LogP contribution in [0.3, 0.4) is 0 Å². The fourth-order valence-corrected chi connectivity index (χ4v) is 5.56. The quantitative estimate of drug-likeness (QED) is 0.442. The van der Waals surface area contributed by atoms with Gasteiger partial charge in [-0.2, -0.15) is 4.98 Å². The van der Waals surface area contributed by atoms with Crippen LogP contribution in [0.2, 0.25) is 0 Å². The average molecular weight is 508 g/mol. The number of benzene rings is 2. The molecule has 1 heterocycles. The van der Waals surface area contributed by atoms with Gasteiger partial charge in [0.1, 0.15) is 10.7 Å². The molecule has 7 nitrogen and oxygen atoms in total. The van der Waals surface area contributed by atoms with Crippen molar-refractivity contribution in [3.8, 4) is 0 Å². The van der Waals surface area contributed by atoms with E-state index in [4.69, 9.17) is 0 Å². The fourth-order valence-electron chi connectivity index (χ4n) is 4.38. The zero-order valence-electron chi connectivity index (χ0n) is 19.6. The molecule has 0 saturated heterocycles. The van der Waals surface area contributed by atoms with Crippen LogP contribution in [0.5, 0.6) is 0 Å². The van der Waals surface area contributed by atoms with Gasteiger partial charge in [0.05, 0.1) is 5.52 Å². The van der Waals surface area contributed by atoms with Gasteiger partial charge in [-0.1, -0.05) is 12.1 Å². The molecule has 1 saturated carbocycles. The van der Waals surface area contributed by atoms with Crippen molar-refractivity contribution in [2.75, 3.05) is 37.4 Å². The molecule has 1 fully saturated rings. The maximum atomic E-state index is 13.9. The van der Waals surface area contributed by atoms with Gasteiger partial charge in [0.2, 0.25) is 16.0 Å². The lowest BCUT2D eigenvalue weighted by Gasteiger charge is -2.28. The van der Waals surface area contributed by atoms with Gasteiger partial charge in [-0.15, -0.1) is 0 Å². The first-order valence-corrected chi connectivity index (χ1v) is 12.9. The Kier molecular flexibility index (Phi) is 7.46. The third-order valence-electron chi connectivity index (χ3n) is 6.37. The van der Waals surface area contributed by atoms with Crippen LogP contribution in [-0.2, 0) is 10.0 Å². The number of rotatable bonds is 8. The molecule has 1 aromatic heterocycles. The summed E-state index contributed by atoms with van der Waals surface area (Å²) in [6.45, 7) is 0.810. The van der Waals surface area contributed by atoms with E-state index in [9.17, 15) is 21.6 Å². The molecular formula is C24H28F3N5O2S. The van der Waals surface area contributed by atoms with E-state index in [1.807, 2.05) is 43.3 Å². The van der Waals surface area contributed by atoms with E-state index in [0.29, 0.717) is 24.5 Å². The topological polar surface area (TPSA) is 87.2 Å². The van der Waals surface area contributed by atoms with Gasteiger partial charge in [0.15, 0.2) is 17.5 Å². The summed E-state index contributed by atoms with van der Waals surface area (Å²) in [6.07, 6.45) is 3.34. The highest BCUT2D eigenvalue weighted by Crippen LogP contribution is 2.30. The fraction of sp³-hybridized carbons (Fsp3) is 0.417. The van der Waals surface area contributed by atoms with Crippen molar-refractivity contribution in [2.45, 2.75) is 30.6 Å². The van der Waals surface area contributed by atoms with Gasteiger partial charge in [0.25, 0.3) is 0 Å². The minimum absolute atomic E-state index is 0.0756. The maximum absolute atomic E-state index is 13.9. The second-order valence-corrected chi connectivity index (χ2v) is 10.8. The molecular weight excluding hydrogens is 479 g/mol. The predicted molar refractivity (Wildman–Crippen MR) is 129 cm³/mol. The lowest BCUT2D eigenvalue weighted by Crippen LogP contribution is -2.33. The highest BCUT2D eigenvalue weighted by Gasteiger charge is 2.27. The van der Waals surface area contributed by atoms with Gasteiger partial charge >= 0.3 is 0 Å². The molecule has 35 heavy (non-hydrogen) atoms. The molecule has 0 bridgehead atoms. The van der Waals surface area contributed by atoms with Crippen LogP contribution in [0.1, 0.15) is 25.7 Å². The van der Waals surface area contributed by atoms with E-state index >= 15 is 0 Å². The number of anilines is 2. The minimum atomic E-state index is -4.28. The summed E-state index contributed by atoms with van der Waals surface area (Å²) < 4.78 is 67.6. The molecule has 0 amide bonds. The molecule has 11 heteroatoms. The summed E-state index contributed by atoms with van der Waals surface area (Å²) in [5.74, 6) is -3.08.